The molecular weight excluding hydrogens is 277 g/mol. The third-order valence-electron chi connectivity index (χ3n) is 3.14. The highest BCUT2D eigenvalue weighted by Crippen LogP contribution is 2.29. The van der Waals surface area contributed by atoms with Crippen molar-refractivity contribution in [3.8, 4) is 0 Å². The lowest BCUT2D eigenvalue weighted by atomic mass is 9.91. The topological polar surface area (TPSA) is 49.3 Å². The number of aromatic carboxylic acids is 1. The second-order valence-electron chi connectivity index (χ2n) is 5.18. The molecular formula is C15H16FNO2S. The van der Waals surface area contributed by atoms with Crippen molar-refractivity contribution >= 4 is 23.0 Å². The van der Waals surface area contributed by atoms with Gasteiger partial charge in [-0.2, -0.15) is 0 Å². The second-order valence-corrected chi connectivity index (χ2v) is 6.13. The second kappa shape index (κ2) is 5.63. The number of benzene rings is 1. The van der Waals surface area contributed by atoms with E-state index in [1.165, 1.54) is 23.1 Å². The Morgan fingerprint density at radius 3 is 2.70 bits per heavy atom. The van der Waals surface area contributed by atoms with Gasteiger partial charge in [-0.3, -0.25) is 0 Å². The van der Waals surface area contributed by atoms with Crippen LogP contribution < -0.4 is 5.32 Å². The Balaban J connectivity index is 2.21. The molecule has 0 aliphatic rings. The van der Waals surface area contributed by atoms with Gasteiger partial charge in [-0.25, -0.2) is 9.18 Å². The monoisotopic (exact) mass is 293 g/mol. The van der Waals surface area contributed by atoms with E-state index >= 15 is 0 Å². The number of hydrogen-bond donors (Lipinski definition) is 2. The smallest absolute Gasteiger partial charge is 0.337 e. The average molecular weight is 293 g/mol. The summed E-state index contributed by atoms with van der Waals surface area (Å²) in [6.07, 6.45) is 0. The van der Waals surface area contributed by atoms with E-state index in [1.54, 1.807) is 11.3 Å². The zero-order chi connectivity index (χ0) is 14.8. The normalized spacial score (nSPS) is 11.3. The first kappa shape index (κ1) is 14.5. The number of anilines is 1. The molecule has 0 bridgehead atoms. The number of carboxylic acids is 1. The van der Waals surface area contributed by atoms with Crippen LogP contribution in [0.4, 0.5) is 10.1 Å². The summed E-state index contributed by atoms with van der Waals surface area (Å²) in [4.78, 5) is 12.3. The van der Waals surface area contributed by atoms with Gasteiger partial charge >= 0.3 is 5.97 Å². The van der Waals surface area contributed by atoms with E-state index < -0.39 is 11.8 Å². The molecule has 1 aromatic carbocycles. The molecule has 0 radical (unpaired) electrons. The lowest BCUT2D eigenvalue weighted by Gasteiger charge is -2.25. The van der Waals surface area contributed by atoms with Crippen LogP contribution in [0.3, 0.4) is 0 Å². The van der Waals surface area contributed by atoms with Crippen LogP contribution in [-0.4, -0.2) is 17.6 Å². The maximum atomic E-state index is 13.8. The van der Waals surface area contributed by atoms with Crippen molar-refractivity contribution in [2.24, 2.45) is 0 Å². The molecule has 0 amide bonds. The zero-order valence-electron chi connectivity index (χ0n) is 11.3. The number of nitrogens with one attached hydrogen (secondary N) is 1. The zero-order valence-corrected chi connectivity index (χ0v) is 12.1. The van der Waals surface area contributed by atoms with Gasteiger partial charge in [-0.15, -0.1) is 11.3 Å². The Morgan fingerprint density at radius 1 is 1.35 bits per heavy atom. The first-order valence-electron chi connectivity index (χ1n) is 6.21. The summed E-state index contributed by atoms with van der Waals surface area (Å²) in [5.41, 5.74) is -0.205. The highest BCUT2D eigenvalue weighted by Gasteiger charge is 2.23. The molecule has 0 saturated carbocycles. The van der Waals surface area contributed by atoms with Crippen molar-refractivity contribution in [2.45, 2.75) is 19.3 Å². The van der Waals surface area contributed by atoms with E-state index in [4.69, 9.17) is 5.11 Å². The van der Waals surface area contributed by atoms with Crippen molar-refractivity contribution in [3.63, 3.8) is 0 Å². The number of para-hydroxylation sites is 1. The summed E-state index contributed by atoms with van der Waals surface area (Å²) in [5.74, 6) is -1.69. The summed E-state index contributed by atoms with van der Waals surface area (Å²) < 4.78 is 13.8. The van der Waals surface area contributed by atoms with Gasteiger partial charge in [-0.1, -0.05) is 26.0 Å². The van der Waals surface area contributed by atoms with Crippen molar-refractivity contribution in [1.82, 2.24) is 0 Å². The standard InChI is InChI=1S/C15H16FNO2S/c1-15(2,12-7-4-8-20-12)9-17-13-10(14(18)19)5-3-6-11(13)16/h3-8,17H,9H2,1-2H3,(H,18,19). The van der Waals surface area contributed by atoms with E-state index in [0.29, 0.717) is 6.54 Å². The van der Waals surface area contributed by atoms with Gasteiger partial charge in [0.1, 0.15) is 5.82 Å². The molecule has 2 rings (SSSR count). The lowest BCUT2D eigenvalue weighted by Crippen LogP contribution is -2.27. The molecule has 1 heterocycles. The Kier molecular flexibility index (Phi) is 4.09. The van der Waals surface area contributed by atoms with Crippen LogP contribution in [0, 0.1) is 5.82 Å². The number of halogens is 1. The van der Waals surface area contributed by atoms with Crippen LogP contribution in [0.2, 0.25) is 0 Å². The Morgan fingerprint density at radius 2 is 2.10 bits per heavy atom. The SMILES string of the molecule is CC(C)(CNc1c(F)cccc1C(=O)O)c1cccs1. The summed E-state index contributed by atoms with van der Waals surface area (Å²) in [7, 11) is 0. The molecule has 0 aliphatic carbocycles. The van der Waals surface area contributed by atoms with E-state index in [9.17, 15) is 9.18 Å². The van der Waals surface area contributed by atoms with Crippen LogP contribution in [0.5, 0.6) is 0 Å². The molecule has 2 N–H and O–H groups in total. The number of rotatable bonds is 5. The molecule has 0 aliphatic heterocycles. The first-order valence-corrected chi connectivity index (χ1v) is 7.09. The predicted octanol–water partition coefficient (Wildman–Crippen LogP) is 3.98. The van der Waals surface area contributed by atoms with Gasteiger partial charge < -0.3 is 10.4 Å². The number of thiophene rings is 1. The average Bonchev–Trinajstić information content (AvgIpc) is 2.91. The minimum Gasteiger partial charge on any atom is -0.478 e. The van der Waals surface area contributed by atoms with Crippen LogP contribution in [0.15, 0.2) is 35.7 Å². The van der Waals surface area contributed by atoms with Crippen LogP contribution in [0.1, 0.15) is 29.1 Å². The van der Waals surface area contributed by atoms with Crippen molar-refractivity contribution in [2.75, 3.05) is 11.9 Å². The van der Waals surface area contributed by atoms with Gasteiger partial charge in [0.05, 0.1) is 11.3 Å². The van der Waals surface area contributed by atoms with E-state index in [0.717, 1.165) is 0 Å². The van der Waals surface area contributed by atoms with Crippen molar-refractivity contribution in [3.05, 3.63) is 52.0 Å². The van der Waals surface area contributed by atoms with E-state index in [1.807, 2.05) is 31.4 Å². The fourth-order valence-electron chi connectivity index (χ4n) is 1.94. The van der Waals surface area contributed by atoms with Crippen LogP contribution in [0.25, 0.3) is 0 Å². The summed E-state index contributed by atoms with van der Waals surface area (Å²) in [5, 5.41) is 14.0. The van der Waals surface area contributed by atoms with E-state index in [2.05, 4.69) is 5.32 Å². The summed E-state index contributed by atoms with van der Waals surface area (Å²) in [6, 6.07) is 8.03. The molecule has 0 saturated heterocycles. The van der Waals surface area contributed by atoms with Gasteiger partial charge in [0.15, 0.2) is 0 Å². The third kappa shape index (κ3) is 2.99. The van der Waals surface area contributed by atoms with Crippen LogP contribution in [-0.2, 0) is 5.41 Å². The third-order valence-corrected chi connectivity index (χ3v) is 4.38. The van der Waals surface area contributed by atoms with Gasteiger partial charge in [0.25, 0.3) is 0 Å². The Bertz CT molecular complexity index is 608. The molecule has 2 aromatic rings. The Labute approximate surface area is 121 Å². The summed E-state index contributed by atoms with van der Waals surface area (Å²) in [6.45, 7) is 4.52. The minimum absolute atomic E-state index is 0.0460. The number of carbonyl (C=O) groups is 1. The molecule has 0 atom stereocenters. The Hall–Kier alpha value is -1.88. The van der Waals surface area contributed by atoms with Gasteiger partial charge in [0.2, 0.25) is 0 Å². The highest BCUT2D eigenvalue weighted by molar-refractivity contribution is 7.10. The molecule has 20 heavy (non-hydrogen) atoms. The van der Waals surface area contributed by atoms with E-state index in [-0.39, 0.29) is 16.7 Å². The fraction of sp³-hybridized carbons (Fsp3) is 0.267. The predicted molar refractivity (Wildman–Crippen MR) is 79.2 cm³/mol. The molecule has 1 aromatic heterocycles. The minimum atomic E-state index is -1.14. The molecule has 3 nitrogen and oxygen atoms in total. The number of hydrogen-bond acceptors (Lipinski definition) is 3. The van der Waals surface area contributed by atoms with Crippen molar-refractivity contribution < 1.29 is 14.3 Å². The van der Waals surface area contributed by atoms with Crippen LogP contribution >= 0.6 is 11.3 Å². The summed E-state index contributed by atoms with van der Waals surface area (Å²) >= 11 is 1.63. The maximum Gasteiger partial charge on any atom is 0.337 e. The van der Waals surface area contributed by atoms with Gasteiger partial charge in [-0.05, 0) is 23.6 Å². The molecule has 0 unspecified atom stereocenters. The quantitative estimate of drug-likeness (QED) is 0.876. The maximum absolute atomic E-state index is 13.8. The molecule has 106 valence electrons. The first-order chi connectivity index (χ1) is 9.42. The molecule has 0 spiro atoms. The fourth-order valence-corrected chi connectivity index (χ4v) is 2.79. The molecule has 5 heteroatoms. The highest BCUT2D eigenvalue weighted by atomic mass is 32.1. The number of carboxylic acid groups (broad SMARTS) is 1. The van der Waals surface area contributed by atoms with Gasteiger partial charge in [0, 0.05) is 16.8 Å². The lowest BCUT2D eigenvalue weighted by molar-refractivity contribution is 0.0697. The largest absolute Gasteiger partial charge is 0.478 e. The van der Waals surface area contributed by atoms with Crippen molar-refractivity contribution in [1.29, 1.82) is 0 Å². The molecule has 0 fully saturated rings.